The Kier molecular flexibility index (Phi) is 5.55. The molecule has 0 aliphatic heterocycles. The van der Waals surface area contributed by atoms with Crippen molar-refractivity contribution in [1.82, 2.24) is 4.90 Å². The summed E-state index contributed by atoms with van der Waals surface area (Å²) >= 11 is 0. The van der Waals surface area contributed by atoms with Gasteiger partial charge in [-0.2, -0.15) is 0 Å². The van der Waals surface area contributed by atoms with Crippen molar-refractivity contribution in [2.75, 3.05) is 6.54 Å². The van der Waals surface area contributed by atoms with Gasteiger partial charge in [0.25, 0.3) is 0 Å². The minimum atomic E-state index is -0.888. The van der Waals surface area contributed by atoms with Crippen molar-refractivity contribution in [3.05, 3.63) is 35.4 Å². The number of aliphatic carboxylic acids is 1. The van der Waals surface area contributed by atoms with Crippen LogP contribution in [0.5, 0.6) is 0 Å². The van der Waals surface area contributed by atoms with Gasteiger partial charge in [-0.15, -0.1) is 0 Å². The third-order valence-corrected chi connectivity index (χ3v) is 3.06. The molecule has 0 aliphatic rings. The first kappa shape index (κ1) is 15.2. The van der Waals surface area contributed by atoms with Crippen LogP contribution < -0.4 is 0 Å². The highest BCUT2D eigenvalue weighted by molar-refractivity contribution is 5.74. The van der Waals surface area contributed by atoms with Crippen LogP contribution >= 0.6 is 0 Å². The molecule has 0 aliphatic carbocycles. The zero-order valence-corrected chi connectivity index (χ0v) is 11.7. The summed E-state index contributed by atoms with van der Waals surface area (Å²) in [5.74, 6) is -0.513. The molecule has 1 aromatic rings. The van der Waals surface area contributed by atoms with Gasteiger partial charge in [0.2, 0.25) is 5.91 Å². The van der Waals surface area contributed by atoms with E-state index in [4.69, 9.17) is 5.11 Å². The van der Waals surface area contributed by atoms with Gasteiger partial charge in [0.1, 0.15) is 0 Å². The third-order valence-electron chi connectivity index (χ3n) is 3.06. The first-order chi connectivity index (χ1) is 8.90. The molecule has 19 heavy (non-hydrogen) atoms. The van der Waals surface area contributed by atoms with Crippen LogP contribution in [0.4, 0.5) is 0 Å². The molecule has 0 heterocycles. The van der Waals surface area contributed by atoms with Crippen LogP contribution in [0.1, 0.15) is 44.2 Å². The van der Waals surface area contributed by atoms with Crippen LogP contribution in [0.3, 0.4) is 0 Å². The smallest absolute Gasteiger partial charge is 0.305 e. The molecule has 0 aromatic heterocycles. The zero-order valence-electron chi connectivity index (χ0n) is 11.7. The summed E-state index contributed by atoms with van der Waals surface area (Å²) in [4.78, 5) is 23.6. The highest BCUT2D eigenvalue weighted by atomic mass is 16.4. The zero-order chi connectivity index (χ0) is 14.4. The highest BCUT2D eigenvalue weighted by Gasteiger charge is 2.11. The van der Waals surface area contributed by atoms with Crippen LogP contribution in [0, 0.1) is 0 Å². The minimum Gasteiger partial charge on any atom is -0.481 e. The Labute approximate surface area is 114 Å². The molecule has 4 heteroatoms. The lowest BCUT2D eigenvalue weighted by molar-refractivity contribution is -0.138. The molecule has 0 bridgehead atoms. The SMILES string of the molecule is CC(=O)N(CCC(=O)O)Cc1ccc(C(C)C)cc1. The number of hydrogen-bond acceptors (Lipinski definition) is 2. The summed E-state index contributed by atoms with van der Waals surface area (Å²) in [6.07, 6.45) is -0.0241. The largest absolute Gasteiger partial charge is 0.481 e. The van der Waals surface area contributed by atoms with Gasteiger partial charge in [-0.3, -0.25) is 9.59 Å². The van der Waals surface area contributed by atoms with E-state index in [1.807, 2.05) is 12.1 Å². The Morgan fingerprint density at radius 2 is 1.79 bits per heavy atom. The number of carboxylic acids is 1. The van der Waals surface area contributed by atoms with E-state index in [1.165, 1.54) is 12.5 Å². The molecule has 0 saturated carbocycles. The van der Waals surface area contributed by atoms with Gasteiger partial charge in [0.15, 0.2) is 0 Å². The predicted octanol–water partition coefficient (Wildman–Crippen LogP) is 2.63. The standard InChI is InChI=1S/C15H21NO3/c1-11(2)14-6-4-13(5-7-14)10-16(12(3)17)9-8-15(18)19/h4-7,11H,8-10H2,1-3H3,(H,18,19). The summed E-state index contributed by atoms with van der Waals surface area (Å²) in [7, 11) is 0. The Hall–Kier alpha value is -1.84. The summed E-state index contributed by atoms with van der Waals surface area (Å²) < 4.78 is 0. The quantitative estimate of drug-likeness (QED) is 0.858. The lowest BCUT2D eigenvalue weighted by atomic mass is 10.0. The number of rotatable bonds is 6. The number of carbonyl (C=O) groups excluding carboxylic acids is 1. The van der Waals surface area contributed by atoms with E-state index in [9.17, 15) is 9.59 Å². The van der Waals surface area contributed by atoms with Crippen LogP contribution in [0.25, 0.3) is 0 Å². The fraction of sp³-hybridized carbons (Fsp3) is 0.467. The van der Waals surface area contributed by atoms with Gasteiger partial charge < -0.3 is 10.0 Å². The maximum atomic E-state index is 11.5. The maximum Gasteiger partial charge on any atom is 0.305 e. The summed E-state index contributed by atoms with van der Waals surface area (Å²) in [5, 5.41) is 8.67. The molecular formula is C15H21NO3. The van der Waals surface area contributed by atoms with Crippen LogP contribution in [-0.4, -0.2) is 28.4 Å². The Morgan fingerprint density at radius 1 is 1.21 bits per heavy atom. The summed E-state index contributed by atoms with van der Waals surface area (Å²) in [6.45, 7) is 6.43. The van der Waals surface area contributed by atoms with E-state index in [0.717, 1.165) is 5.56 Å². The van der Waals surface area contributed by atoms with Crippen LogP contribution in [0.15, 0.2) is 24.3 Å². The average Bonchev–Trinajstić information content (AvgIpc) is 2.34. The fourth-order valence-electron chi connectivity index (χ4n) is 1.81. The average molecular weight is 263 g/mol. The second-order valence-electron chi connectivity index (χ2n) is 4.98. The van der Waals surface area contributed by atoms with Gasteiger partial charge in [0.05, 0.1) is 6.42 Å². The van der Waals surface area contributed by atoms with Gasteiger partial charge in [-0.25, -0.2) is 0 Å². The Balaban J connectivity index is 2.68. The van der Waals surface area contributed by atoms with Crippen molar-refractivity contribution in [3.8, 4) is 0 Å². The molecule has 104 valence electrons. The van der Waals surface area contributed by atoms with Gasteiger partial charge in [-0.05, 0) is 17.0 Å². The van der Waals surface area contributed by atoms with E-state index in [2.05, 4.69) is 26.0 Å². The van der Waals surface area contributed by atoms with E-state index in [0.29, 0.717) is 12.5 Å². The number of nitrogens with zero attached hydrogens (tertiary/aromatic N) is 1. The number of benzene rings is 1. The topological polar surface area (TPSA) is 57.6 Å². The van der Waals surface area contributed by atoms with Gasteiger partial charge >= 0.3 is 5.97 Å². The van der Waals surface area contributed by atoms with Crippen molar-refractivity contribution in [2.24, 2.45) is 0 Å². The third kappa shape index (κ3) is 5.12. The summed E-state index contributed by atoms with van der Waals surface area (Å²) in [6, 6.07) is 8.09. The first-order valence-corrected chi connectivity index (χ1v) is 6.46. The lowest BCUT2D eigenvalue weighted by Crippen LogP contribution is -2.30. The number of carboxylic acid groups (broad SMARTS) is 1. The molecule has 0 saturated heterocycles. The Bertz CT molecular complexity index is 437. The fourth-order valence-corrected chi connectivity index (χ4v) is 1.81. The normalized spacial score (nSPS) is 10.5. The molecular weight excluding hydrogens is 242 g/mol. The second-order valence-corrected chi connectivity index (χ2v) is 4.98. The summed E-state index contributed by atoms with van der Waals surface area (Å²) in [5.41, 5.74) is 2.27. The van der Waals surface area contributed by atoms with E-state index < -0.39 is 5.97 Å². The van der Waals surface area contributed by atoms with Crippen molar-refractivity contribution < 1.29 is 14.7 Å². The van der Waals surface area contributed by atoms with Gasteiger partial charge in [-0.1, -0.05) is 38.1 Å². The van der Waals surface area contributed by atoms with Crippen LogP contribution in [0.2, 0.25) is 0 Å². The molecule has 0 fully saturated rings. The van der Waals surface area contributed by atoms with Crippen molar-refractivity contribution in [1.29, 1.82) is 0 Å². The highest BCUT2D eigenvalue weighted by Crippen LogP contribution is 2.15. The molecule has 4 nitrogen and oxygen atoms in total. The minimum absolute atomic E-state index is 0.0241. The van der Waals surface area contributed by atoms with Crippen molar-refractivity contribution >= 4 is 11.9 Å². The number of carbonyl (C=O) groups is 2. The number of hydrogen-bond donors (Lipinski definition) is 1. The monoisotopic (exact) mass is 263 g/mol. The maximum absolute atomic E-state index is 11.5. The van der Waals surface area contributed by atoms with Gasteiger partial charge in [0, 0.05) is 20.0 Å². The van der Waals surface area contributed by atoms with E-state index >= 15 is 0 Å². The molecule has 0 radical (unpaired) electrons. The van der Waals surface area contributed by atoms with Crippen molar-refractivity contribution in [2.45, 2.75) is 39.7 Å². The Morgan fingerprint density at radius 3 is 2.21 bits per heavy atom. The molecule has 1 amide bonds. The molecule has 0 atom stereocenters. The molecule has 0 spiro atoms. The second kappa shape index (κ2) is 6.92. The molecule has 0 unspecified atom stereocenters. The predicted molar refractivity (Wildman–Crippen MR) is 73.9 cm³/mol. The lowest BCUT2D eigenvalue weighted by Gasteiger charge is -2.20. The molecule has 1 rings (SSSR count). The van der Waals surface area contributed by atoms with Crippen LogP contribution in [-0.2, 0) is 16.1 Å². The van der Waals surface area contributed by atoms with Crippen molar-refractivity contribution in [3.63, 3.8) is 0 Å². The molecule has 1 aromatic carbocycles. The molecule has 1 N–H and O–H groups in total. The van der Waals surface area contributed by atoms with E-state index in [-0.39, 0.29) is 18.9 Å². The number of amides is 1. The van der Waals surface area contributed by atoms with E-state index in [1.54, 1.807) is 4.90 Å². The first-order valence-electron chi connectivity index (χ1n) is 6.46.